The maximum absolute atomic E-state index is 13.1. The van der Waals surface area contributed by atoms with Crippen LogP contribution in [0.25, 0.3) is 10.9 Å². The van der Waals surface area contributed by atoms with Crippen LogP contribution in [0.15, 0.2) is 59.7 Å². The third-order valence-electron chi connectivity index (χ3n) is 6.87. The second-order valence-electron chi connectivity index (χ2n) is 9.27. The average molecular weight is 535 g/mol. The third-order valence-corrected chi connectivity index (χ3v) is 8.75. The minimum Gasteiger partial charge on any atom is -0.406 e. The van der Waals surface area contributed by atoms with Gasteiger partial charge >= 0.3 is 6.36 Å². The number of nitrogens with one attached hydrogen (secondary N) is 1. The fourth-order valence-corrected chi connectivity index (χ4v) is 6.45. The summed E-state index contributed by atoms with van der Waals surface area (Å²) in [6.07, 6.45) is -2.19. The predicted octanol–water partition coefficient (Wildman–Crippen LogP) is 3.36. The molecule has 1 aromatic heterocycles. The van der Waals surface area contributed by atoms with Crippen molar-refractivity contribution in [1.29, 1.82) is 0 Å². The number of amidine groups is 1. The minimum absolute atomic E-state index is 0.0585. The highest BCUT2D eigenvalue weighted by Crippen LogP contribution is 2.33. The topological polar surface area (TPSA) is 93.0 Å². The molecule has 5 rings (SSSR count). The first-order valence-electron chi connectivity index (χ1n) is 11.7. The fraction of sp³-hybridized carbons (Fsp3) is 0.360. The van der Waals surface area contributed by atoms with E-state index >= 15 is 0 Å². The predicted molar refractivity (Wildman–Crippen MR) is 132 cm³/mol. The van der Waals surface area contributed by atoms with Crippen molar-refractivity contribution < 1.29 is 31.1 Å². The molecule has 37 heavy (non-hydrogen) atoms. The molecule has 3 heterocycles. The van der Waals surface area contributed by atoms with E-state index < -0.39 is 33.6 Å². The van der Waals surface area contributed by atoms with Crippen LogP contribution in [0.5, 0.6) is 5.75 Å². The van der Waals surface area contributed by atoms with Gasteiger partial charge in [-0.1, -0.05) is 30.3 Å². The molecule has 0 aliphatic carbocycles. The van der Waals surface area contributed by atoms with Gasteiger partial charge < -0.3 is 14.6 Å². The van der Waals surface area contributed by atoms with Crippen molar-refractivity contribution in [2.75, 3.05) is 18.8 Å². The van der Waals surface area contributed by atoms with E-state index in [0.717, 1.165) is 28.6 Å². The number of halogens is 3. The number of rotatable bonds is 6. The molecule has 0 unspecified atom stereocenters. The van der Waals surface area contributed by atoms with Crippen LogP contribution in [0.2, 0.25) is 0 Å². The largest absolute Gasteiger partial charge is 0.573 e. The van der Waals surface area contributed by atoms with E-state index in [1.54, 1.807) is 0 Å². The van der Waals surface area contributed by atoms with Gasteiger partial charge in [0.25, 0.3) is 5.91 Å². The number of piperidine rings is 1. The number of carbonyl (C=O) groups excluding carboxylic acids is 1. The van der Waals surface area contributed by atoms with Crippen LogP contribution in [0, 0.1) is 0 Å². The standard InChI is InChI=1S/C25H25F3N4O4S/c1-31-12-8-17-4-2-5-18(21(17)31)9-15-37(34,35)32-13-10-24(11-14-32)23(33)29-22(30-24)19-6-3-7-20(16-19)36-25(26,27)28/h2-8,12,16H,9-11,13-15H2,1H3,(H,29,30,33). The number of alkyl halides is 3. The second-order valence-corrected chi connectivity index (χ2v) is 11.4. The molecular formula is C25H25F3N4O4S. The summed E-state index contributed by atoms with van der Waals surface area (Å²) in [5.41, 5.74) is 1.07. The van der Waals surface area contributed by atoms with E-state index in [1.807, 2.05) is 42.1 Å². The molecule has 2 aromatic carbocycles. The van der Waals surface area contributed by atoms with Gasteiger partial charge in [0.15, 0.2) is 0 Å². The first kappa shape index (κ1) is 25.3. The SMILES string of the molecule is Cn1ccc2cccc(CCS(=O)(=O)N3CCC4(CC3)N=C(c3cccc(OC(F)(F)F)c3)NC4=O)c21. The van der Waals surface area contributed by atoms with Gasteiger partial charge in [0, 0.05) is 31.9 Å². The Bertz CT molecular complexity index is 1490. The minimum atomic E-state index is -4.84. The number of nitrogens with zero attached hydrogens (tertiary/aromatic N) is 3. The van der Waals surface area contributed by atoms with Crippen molar-refractivity contribution in [2.45, 2.75) is 31.2 Å². The number of sulfonamides is 1. The van der Waals surface area contributed by atoms with Crippen LogP contribution in [0.3, 0.4) is 0 Å². The summed E-state index contributed by atoms with van der Waals surface area (Å²) in [4.78, 5) is 17.4. The summed E-state index contributed by atoms with van der Waals surface area (Å²) in [6, 6.07) is 13.0. The number of carbonyl (C=O) groups is 1. The number of para-hydroxylation sites is 1. The summed E-state index contributed by atoms with van der Waals surface area (Å²) < 4.78 is 71.3. The Hall–Kier alpha value is -3.38. The molecular weight excluding hydrogens is 509 g/mol. The lowest BCUT2D eigenvalue weighted by Gasteiger charge is -2.34. The molecule has 0 bridgehead atoms. The van der Waals surface area contributed by atoms with E-state index in [4.69, 9.17) is 0 Å². The zero-order chi connectivity index (χ0) is 26.4. The number of amides is 1. The molecule has 1 N–H and O–H groups in total. The number of aromatic nitrogens is 1. The maximum Gasteiger partial charge on any atom is 0.573 e. The lowest BCUT2D eigenvalue weighted by atomic mass is 9.89. The lowest BCUT2D eigenvalue weighted by Crippen LogP contribution is -2.50. The summed E-state index contributed by atoms with van der Waals surface area (Å²) in [5.74, 6) is -0.728. The molecule has 0 atom stereocenters. The Balaban J connectivity index is 1.27. The normalized spacial score (nSPS) is 18.3. The number of aliphatic imine (C=N–C) groups is 1. The quantitative estimate of drug-likeness (QED) is 0.525. The van der Waals surface area contributed by atoms with Gasteiger partial charge in [-0.2, -0.15) is 0 Å². The Morgan fingerprint density at radius 2 is 1.84 bits per heavy atom. The number of hydrogen-bond acceptors (Lipinski definition) is 5. The summed E-state index contributed by atoms with van der Waals surface area (Å²) in [7, 11) is -1.66. The van der Waals surface area contributed by atoms with Crippen LogP contribution in [0.1, 0.15) is 24.0 Å². The number of ether oxygens (including phenoxy) is 1. The average Bonchev–Trinajstić information content (AvgIpc) is 3.37. The Labute approximate surface area is 211 Å². The van der Waals surface area contributed by atoms with Gasteiger partial charge in [-0.3, -0.25) is 9.79 Å². The zero-order valence-corrected chi connectivity index (χ0v) is 20.8. The highest BCUT2D eigenvalue weighted by molar-refractivity contribution is 7.89. The Morgan fingerprint density at radius 1 is 1.11 bits per heavy atom. The summed E-state index contributed by atoms with van der Waals surface area (Å²) in [6.45, 7) is 0.246. The highest BCUT2D eigenvalue weighted by Gasteiger charge is 2.47. The van der Waals surface area contributed by atoms with Crippen LogP contribution in [-0.2, 0) is 28.3 Å². The summed E-state index contributed by atoms with van der Waals surface area (Å²) >= 11 is 0. The zero-order valence-electron chi connectivity index (χ0n) is 20.0. The molecule has 1 saturated heterocycles. The van der Waals surface area contributed by atoms with Crippen LogP contribution in [0.4, 0.5) is 13.2 Å². The number of hydrogen-bond donors (Lipinski definition) is 1. The van der Waals surface area contributed by atoms with Crippen LogP contribution < -0.4 is 10.1 Å². The third kappa shape index (κ3) is 5.08. The van der Waals surface area contributed by atoms with Crippen molar-refractivity contribution >= 4 is 32.7 Å². The monoisotopic (exact) mass is 534 g/mol. The molecule has 1 spiro atoms. The van der Waals surface area contributed by atoms with Gasteiger partial charge in [-0.25, -0.2) is 12.7 Å². The van der Waals surface area contributed by atoms with Gasteiger partial charge in [0.1, 0.15) is 17.1 Å². The molecule has 2 aliphatic rings. The van der Waals surface area contributed by atoms with Gasteiger partial charge in [0.2, 0.25) is 10.0 Å². The Kier molecular flexibility index (Phi) is 6.27. The van der Waals surface area contributed by atoms with Gasteiger partial charge in [-0.05, 0) is 48.4 Å². The molecule has 3 aromatic rings. The smallest absolute Gasteiger partial charge is 0.406 e. The van der Waals surface area contributed by atoms with Crippen LogP contribution >= 0.6 is 0 Å². The van der Waals surface area contributed by atoms with Crippen molar-refractivity contribution in [3.05, 3.63) is 65.9 Å². The molecule has 1 amide bonds. The van der Waals surface area contributed by atoms with Crippen molar-refractivity contribution in [3.63, 3.8) is 0 Å². The molecule has 8 nitrogen and oxygen atoms in total. The first-order valence-corrected chi connectivity index (χ1v) is 13.3. The van der Waals surface area contributed by atoms with Crippen molar-refractivity contribution in [1.82, 2.24) is 14.2 Å². The van der Waals surface area contributed by atoms with Gasteiger partial charge in [-0.15, -0.1) is 13.2 Å². The van der Waals surface area contributed by atoms with Crippen molar-refractivity contribution in [3.8, 4) is 5.75 Å². The second kappa shape index (κ2) is 9.18. The molecule has 12 heteroatoms. The molecule has 2 aliphatic heterocycles. The molecule has 1 fully saturated rings. The molecule has 0 saturated carbocycles. The number of fused-ring (bicyclic) bond motifs is 1. The van der Waals surface area contributed by atoms with E-state index in [1.165, 1.54) is 16.4 Å². The Morgan fingerprint density at radius 3 is 2.57 bits per heavy atom. The highest BCUT2D eigenvalue weighted by atomic mass is 32.2. The van der Waals surface area contributed by atoms with E-state index in [9.17, 15) is 26.4 Å². The van der Waals surface area contributed by atoms with Crippen molar-refractivity contribution in [2.24, 2.45) is 12.0 Å². The molecule has 196 valence electrons. The summed E-state index contributed by atoms with van der Waals surface area (Å²) in [5, 5.41) is 3.69. The number of benzene rings is 2. The van der Waals surface area contributed by atoms with E-state index in [-0.39, 0.29) is 43.1 Å². The fourth-order valence-electron chi connectivity index (χ4n) is 4.98. The molecule has 0 radical (unpaired) electrons. The van der Waals surface area contributed by atoms with Crippen LogP contribution in [-0.4, -0.2) is 59.8 Å². The van der Waals surface area contributed by atoms with Gasteiger partial charge in [0.05, 0.1) is 11.3 Å². The first-order chi connectivity index (χ1) is 17.5. The van der Waals surface area contributed by atoms with E-state index in [2.05, 4.69) is 15.0 Å². The lowest BCUT2D eigenvalue weighted by molar-refractivity contribution is -0.274. The van der Waals surface area contributed by atoms with E-state index in [0.29, 0.717) is 6.42 Å². The maximum atomic E-state index is 13.1. The number of aryl methyl sites for hydroxylation is 2.